The topological polar surface area (TPSA) is 45.4 Å². The van der Waals surface area contributed by atoms with Crippen LogP contribution in [-0.2, 0) is 0 Å². The number of anilines is 1. The van der Waals surface area contributed by atoms with E-state index in [1.54, 1.807) is 24.3 Å². The molecule has 0 radical (unpaired) electrons. The van der Waals surface area contributed by atoms with Gasteiger partial charge in [-0.25, -0.2) is 0 Å². The van der Waals surface area contributed by atoms with Crippen LogP contribution in [0.5, 0.6) is 0 Å². The third-order valence-corrected chi connectivity index (χ3v) is 3.82. The molecule has 2 rings (SSSR count). The molecule has 0 aliphatic rings. The van der Waals surface area contributed by atoms with E-state index in [4.69, 9.17) is 16.0 Å². The molecule has 2 aromatic rings. The van der Waals surface area contributed by atoms with Gasteiger partial charge in [0.15, 0.2) is 0 Å². The summed E-state index contributed by atoms with van der Waals surface area (Å²) in [5, 5.41) is 13.7. The average Bonchev–Trinajstić information content (AvgIpc) is 2.80. The number of benzene rings is 1. The third kappa shape index (κ3) is 3.29. The number of aliphatic hydroxyl groups is 1. The van der Waals surface area contributed by atoms with Gasteiger partial charge >= 0.3 is 0 Å². The van der Waals surface area contributed by atoms with Crippen LogP contribution >= 0.6 is 43.5 Å². The van der Waals surface area contributed by atoms with Crippen LogP contribution in [0.2, 0.25) is 5.02 Å². The van der Waals surface area contributed by atoms with E-state index in [0.717, 1.165) is 14.6 Å². The van der Waals surface area contributed by atoms with Crippen molar-refractivity contribution in [2.75, 3.05) is 11.9 Å². The Morgan fingerprint density at radius 3 is 2.56 bits per heavy atom. The van der Waals surface area contributed by atoms with Gasteiger partial charge in [-0.05, 0) is 56.1 Å². The summed E-state index contributed by atoms with van der Waals surface area (Å²) in [5.74, 6) is 0.531. The summed E-state index contributed by atoms with van der Waals surface area (Å²) in [6, 6.07) is 7.05. The Labute approximate surface area is 126 Å². The first-order chi connectivity index (χ1) is 8.58. The van der Waals surface area contributed by atoms with Gasteiger partial charge in [0.25, 0.3) is 0 Å². The molecule has 18 heavy (non-hydrogen) atoms. The maximum Gasteiger partial charge on any atom is 0.134 e. The molecule has 0 aliphatic carbocycles. The SMILES string of the molecule is OC(CNc1c(Br)cc(Cl)cc1Br)c1ccco1. The van der Waals surface area contributed by atoms with Crippen molar-refractivity contribution in [1.82, 2.24) is 0 Å². The molecule has 6 heteroatoms. The second-order valence-corrected chi connectivity index (χ2v) is 5.80. The molecule has 1 unspecified atom stereocenters. The number of aliphatic hydroxyl groups excluding tert-OH is 1. The van der Waals surface area contributed by atoms with Gasteiger partial charge in [0.05, 0.1) is 12.0 Å². The van der Waals surface area contributed by atoms with E-state index in [1.165, 1.54) is 6.26 Å². The minimum absolute atomic E-state index is 0.340. The maximum atomic E-state index is 9.89. The van der Waals surface area contributed by atoms with Crippen molar-refractivity contribution in [3.63, 3.8) is 0 Å². The molecule has 0 amide bonds. The highest BCUT2D eigenvalue weighted by Gasteiger charge is 2.12. The summed E-state index contributed by atoms with van der Waals surface area (Å²) in [4.78, 5) is 0. The standard InChI is InChI=1S/C12H10Br2ClNO2/c13-8-4-7(15)5-9(14)12(8)16-6-10(17)11-2-1-3-18-11/h1-5,10,16-17H,6H2. The van der Waals surface area contributed by atoms with Gasteiger partial charge in [-0.2, -0.15) is 0 Å². The van der Waals surface area contributed by atoms with Gasteiger partial charge in [0.1, 0.15) is 11.9 Å². The Bertz CT molecular complexity index is 508. The van der Waals surface area contributed by atoms with E-state index >= 15 is 0 Å². The molecule has 0 aliphatic heterocycles. The Kier molecular flexibility index (Phi) is 4.72. The number of furan rings is 1. The van der Waals surface area contributed by atoms with E-state index < -0.39 is 6.10 Å². The lowest BCUT2D eigenvalue weighted by Gasteiger charge is -2.14. The van der Waals surface area contributed by atoms with Crippen LogP contribution in [0.3, 0.4) is 0 Å². The van der Waals surface area contributed by atoms with E-state index in [1.807, 2.05) is 0 Å². The number of rotatable bonds is 4. The first-order valence-electron chi connectivity index (χ1n) is 5.18. The molecule has 1 atom stereocenters. The van der Waals surface area contributed by atoms with Crippen LogP contribution in [0, 0.1) is 0 Å². The quantitative estimate of drug-likeness (QED) is 0.795. The summed E-state index contributed by atoms with van der Waals surface area (Å²) in [7, 11) is 0. The van der Waals surface area contributed by atoms with Crippen LogP contribution in [-0.4, -0.2) is 11.7 Å². The molecule has 0 saturated carbocycles. The lowest BCUT2D eigenvalue weighted by atomic mass is 10.2. The maximum absolute atomic E-state index is 9.89. The summed E-state index contributed by atoms with van der Waals surface area (Å²) in [6.07, 6.45) is 0.835. The van der Waals surface area contributed by atoms with Crippen molar-refractivity contribution >= 4 is 49.1 Å². The molecule has 0 spiro atoms. The summed E-state index contributed by atoms with van der Waals surface area (Å²) >= 11 is 12.7. The van der Waals surface area contributed by atoms with Crippen molar-refractivity contribution in [3.05, 3.63) is 50.3 Å². The molecule has 1 heterocycles. The predicted octanol–water partition coefficient (Wildman–Crippen LogP) is 4.60. The van der Waals surface area contributed by atoms with Gasteiger partial charge in [0, 0.05) is 20.5 Å². The van der Waals surface area contributed by atoms with Crippen LogP contribution in [0.4, 0.5) is 5.69 Å². The van der Waals surface area contributed by atoms with Crippen LogP contribution in [0.1, 0.15) is 11.9 Å². The highest BCUT2D eigenvalue weighted by atomic mass is 79.9. The van der Waals surface area contributed by atoms with Crippen molar-refractivity contribution < 1.29 is 9.52 Å². The Morgan fingerprint density at radius 1 is 1.33 bits per heavy atom. The molecular weight excluding hydrogens is 385 g/mol. The van der Waals surface area contributed by atoms with Gasteiger partial charge < -0.3 is 14.8 Å². The first kappa shape index (κ1) is 13.9. The summed E-state index contributed by atoms with van der Waals surface area (Å²) in [5.41, 5.74) is 0.838. The average molecular weight is 395 g/mol. The largest absolute Gasteiger partial charge is 0.467 e. The lowest BCUT2D eigenvalue weighted by Crippen LogP contribution is -2.12. The predicted molar refractivity (Wildman–Crippen MR) is 79.0 cm³/mol. The fraction of sp³-hybridized carbons (Fsp3) is 0.167. The van der Waals surface area contributed by atoms with Crippen LogP contribution in [0.15, 0.2) is 43.9 Å². The number of nitrogens with one attached hydrogen (secondary N) is 1. The molecule has 1 aromatic carbocycles. The normalized spacial score (nSPS) is 12.4. The van der Waals surface area contributed by atoms with Crippen molar-refractivity contribution in [3.8, 4) is 0 Å². The van der Waals surface area contributed by atoms with Crippen LogP contribution in [0.25, 0.3) is 0 Å². The first-order valence-corrected chi connectivity index (χ1v) is 7.14. The van der Waals surface area contributed by atoms with E-state index in [0.29, 0.717) is 17.3 Å². The second-order valence-electron chi connectivity index (χ2n) is 3.66. The van der Waals surface area contributed by atoms with E-state index in [-0.39, 0.29) is 0 Å². The zero-order valence-electron chi connectivity index (χ0n) is 9.16. The second kappa shape index (κ2) is 6.10. The zero-order valence-corrected chi connectivity index (χ0v) is 13.1. The van der Waals surface area contributed by atoms with Crippen LogP contribution < -0.4 is 5.32 Å². The molecule has 3 nitrogen and oxygen atoms in total. The summed E-state index contributed by atoms with van der Waals surface area (Å²) < 4.78 is 6.78. The monoisotopic (exact) mass is 393 g/mol. The highest BCUT2D eigenvalue weighted by molar-refractivity contribution is 9.11. The van der Waals surface area contributed by atoms with Crippen molar-refractivity contribution in [1.29, 1.82) is 0 Å². The fourth-order valence-electron chi connectivity index (χ4n) is 1.49. The minimum atomic E-state index is -0.700. The zero-order chi connectivity index (χ0) is 13.1. The minimum Gasteiger partial charge on any atom is -0.467 e. The Hall–Kier alpha value is -0.490. The molecule has 0 fully saturated rings. The third-order valence-electron chi connectivity index (χ3n) is 2.35. The van der Waals surface area contributed by atoms with Crippen molar-refractivity contribution in [2.45, 2.75) is 6.10 Å². The molecule has 1 aromatic heterocycles. The molecule has 0 bridgehead atoms. The van der Waals surface area contributed by atoms with Gasteiger partial charge in [-0.3, -0.25) is 0 Å². The van der Waals surface area contributed by atoms with Gasteiger partial charge in [0.2, 0.25) is 0 Å². The Balaban J connectivity index is 2.07. The highest BCUT2D eigenvalue weighted by Crippen LogP contribution is 2.34. The molecule has 96 valence electrons. The molecule has 2 N–H and O–H groups in total. The number of hydrogen-bond donors (Lipinski definition) is 2. The summed E-state index contributed by atoms with van der Waals surface area (Å²) in [6.45, 7) is 0.340. The van der Waals surface area contributed by atoms with E-state index in [9.17, 15) is 5.11 Å². The van der Waals surface area contributed by atoms with Crippen molar-refractivity contribution in [2.24, 2.45) is 0 Å². The lowest BCUT2D eigenvalue weighted by molar-refractivity contribution is 0.162. The molecule has 0 saturated heterocycles. The van der Waals surface area contributed by atoms with Gasteiger partial charge in [-0.1, -0.05) is 11.6 Å². The number of hydrogen-bond acceptors (Lipinski definition) is 3. The van der Waals surface area contributed by atoms with Gasteiger partial charge in [-0.15, -0.1) is 0 Å². The smallest absolute Gasteiger partial charge is 0.134 e. The Morgan fingerprint density at radius 2 is 2.00 bits per heavy atom. The molecular formula is C12H10Br2ClNO2. The van der Waals surface area contributed by atoms with E-state index in [2.05, 4.69) is 37.2 Å². The number of halogens is 3. The fourth-order valence-corrected chi connectivity index (χ4v) is 3.44.